The van der Waals surface area contributed by atoms with Crippen LogP contribution in [0, 0.1) is 6.92 Å². The normalized spacial score (nSPS) is 16.1. The van der Waals surface area contributed by atoms with Crippen molar-refractivity contribution in [3.05, 3.63) is 47.4 Å². The van der Waals surface area contributed by atoms with Gasteiger partial charge in [0.15, 0.2) is 0 Å². The predicted molar refractivity (Wildman–Crippen MR) is 106 cm³/mol. The highest BCUT2D eigenvalue weighted by molar-refractivity contribution is 7.98. The van der Waals surface area contributed by atoms with Crippen LogP contribution in [-0.4, -0.2) is 57.0 Å². The van der Waals surface area contributed by atoms with Gasteiger partial charge in [-0.1, -0.05) is 0 Å². The van der Waals surface area contributed by atoms with E-state index < -0.39 is 0 Å². The molecule has 0 aliphatic carbocycles. The van der Waals surface area contributed by atoms with Crippen LogP contribution in [0.2, 0.25) is 0 Å². The highest BCUT2D eigenvalue weighted by Crippen LogP contribution is 2.26. The number of carbonyl (C=O) groups is 1. The van der Waals surface area contributed by atoms with E-state index in [0.29, 0.717) is 31.1 Å². The largest absolute Gasteiger partial charge is 0.496 e. The first-order valence-corrected chi connectivity index (χ1v) is 10.2. The van der Waals surface area contributed by atoms with E-state index in [9.17, 15) is 4.79 Å². The van der Waals surface area contributed by atoms with E-state index in [1.165, 1.54) is 0 Å². The monoisotopic (exact) mass is 390 g/mol. The van der Waals surface area contributed by atoms with Gasteiger partial charge in [-0.3, -0.25) is 9.69 Å². The molecule has 1 unspecified atom stereocenters. The molecule has 1 aliphatic rings. The van der Waals surface area contributed by atoms with Crippen LogP contribution in [0.1, 0.15) is 27.9 Å². The molecule has 1 saturated heterocycles. The Kier molecular flexibility index (Phi) is 6.82. The van der Waals surface area contributed by atoms with Crippen molar-refractivity contribution in [1.82, 2.24) is 10.2 Å². The lowest BCUT2D eigenvalue weighted by Gasteiger charge is -2.33. The highest BCUT2D eigenvalue weighted by atomic mass is 32.2. The summed E-state index contributed by atoms with van der Waals surface area (Å²) in [5, 5.41) is 3.05. The Morgan fingerprint density at radius 1 is 1.30 bits per heavy atom. The fourth-order valence-corrected chi connectivity index (χ4v) is 3.63. The van der Waals surface area contributed by atoms with Crippen molar-refractivity contribution in [1.29, 1.82) is 0 Å². The fraction of sp³-hybridized carbons (Fsp3) is 0.450. The first-order chi connectivity index (χ1) is 13.1. The van der Waals surface area contributed by atoms with Gasteiger partial charge < -0.3 is 19.2 Å². The lowest BCUT2D eigenvalue weighted by Crippen LogP contribution is -2.43. The average molecular weight is 391 g/mol. The van der Waals surface area contributed by atoms with E-state index in [0.717, 1.165) is 29.5 Å². The van der Waals surface area contributed by atoms with Crippen LogP contribution in [0.5, 0.6) is 5.75 Å². The number of carbonyl (C=O) groups excluding carboxylic acids is 1. The lowest BCUT2D eigenvalue weighted by atomic mass is 10.1. The van der Waals surface area contributed by atoms with Gasteiger partial charge in [0.2, 0.25) is 0 Å². The second-order valence-electron chi connectivity index (χ2n) is 6.39. The topological polar surface area (TPSA) is 63.9 Å². The summed E-state index contributed by atoms with van der Waals surface area (Å²) in [5.74, 6) is 2.15. The summed E-state index contributed by atoms with van der Waals surface area (Å²) in [4.78, 5) is 16.1. The van der Waals surface area contributed by atoms with E-state index in [1.807, 2.05) is 37.4 Å². The minimum absolute atomic E-state index is 0.0250. The van der Waals surface area contributed by atoms with Crippen LogP contribution in [-0.2, 0) is 4.74 Å². The molecule has 1 amide bonds. The molecule has 1 fully saturated rings. The molecule has 3 rings (SSSR count). The number of hydrogen-bond donors (Lipinski definition) is 1. The molecular weight excluding hydrogens is 364 g/mol. The minimum Gasteiger partial charge on any atom is -0.496 e. The van der Waals surface area contributed by atoms with Crippen molar-refractivity contribution in [2.75, 3.05) is 46.2 Å². The van der Waals surface area contributed by atoms with Gasteiger partial charge in [-0.05, 0) is 43.5 Å². The van der Waals surface area contributed by atoms with Gasteiger partial charge in [0.05, 0.1) is 31.9 Å². The van der Waals surface area contributed by atoms with Crippen molar-refractivity contribution < 1.29 is 18.7 Å². The maximum Gasteiger partial charge on any atom is 0.255 e. The number of aryl methyl sites for hydroxylation is 1. The first kappa shape index (κ1) is 19.8. The molecule has 1 aromatic heterocycles. The van der Waals surface area contributed by atoms with Gasteiger partial charge in [0.1, 0.15) is 17.3 Å². The van der Waals surface area contributed by atoms with Crippen LogP contribution < -0.4 is 10.1 Å². The maximum absolute atomic E-state index is 12.8. The molecule has 27 heavy (non-hydrogen) atoms. The zero-order valence-electron chi connectivity index (χ0n) is 16.0. The number of thioether (sulfide) groups is 1. The lowest BCUT2D eigenvalue weighted by molar-refractivity contribution is 0.0117. The van der Waals surface area contributed by atoms with Gasteiger partial charge in [-0.25, -0.2) is 0 Å². The number of furan rings is 1. The predicted octanol–water partition coefficient (Wildman–Crippen LogP) is 3.12. The quantitative estimate of drug-likeness (QED) is 0.733. The fourth-order valence-electron chi connectivity index (χ4n) is 3.20. The zero-order chi connectivity index (χ0) is 19.2. The van der Waals surface area contributed by atoms with E-state index in [1.54, 1.807) is 24.9 Å². The highest BCUT2D eigenvalue weighted by Gasteiger charge is 2.26. The molecule has 0 spiro atoms. The molecule has 1 aliphatic heterocycles. The summed E-state index contributed by atoms with van der Waals surface area (Å²) >= 11 is 1.61. The molecule has 1 N–H and O–H groups in total. The van der Waals surface area contributed by atoms with Crippen molar-refractivity contribution in [3.63, 3.8) is 0 Å². The number of rotatable bonds is 7. The molecule has 0 bridgehead atoms. The Hall–Kier alpha value is -1.96. The Labute approximate surface area is 164 Å². The van der Waals surface area contributed by atoms with Gasteiger partial charge in [0.25, 0.3) is 5.91 Å². The number of morpholine rings is 1. The number of methoxy groups -OCH3 is 1. The molecule has 1 atom stereocenters. The summed E-state index contributed by atoms with van der Waals surface area (Å²) in [7, 11) is 1.58. The Morgan fingerprint density at radius 3 is 2.70 bits per heavy atom. The molecule has 0 saturated carbocycles. The van der Waals surface area contributed by atoms with Crippen molar-refractivity contribution in [2.45, 2.75) is 17.9 Å². The molecule has 7 heteroatoms. The van der Waals surface area contributed by atoms with E-state index in [4.69, 9.17) is 13.9 Å². The third-order valence-electron chi connectivity index (χ3n) is 4.69. The van der Waals surface area contributed by atoms with Gasteiger partial charge >= 0.3 is 0 Å². The summed E-state index contributed by atoms with van der Waals surface area (Å²) in [6.45, 7) is 5.39. The zero-order valence-corrected chi connectivity index (χ0v) is 16.8. The smallest absolute Gasteiger partial charge is 0.255 e. The first-order valence-electron chi connectivity index (χ1n) is 9.00. The minimum atomic E-state index is -0.152. The molecule has 0 radical (unpaired) electrons. The third-order valence-corrected chi connectivity index (χ3v) is 5.41. The SMILES string of the molecule is COc1cc(SC)ccc1C(=O)NCC(c1ccc(C)o1)N1CCOCC1. The van der Waals surface area contributed by atoms with Gasteiger partial charge in [-0.2, -0.15) is 0 Å². The Morgan fingerprint density at radius 2 is 2.07 bits per heavy atom. The third kappa shape index (κ3) is 4.86. The number of nitrogens with zero attached hydrogens (tertiary/aromatic N) is 1. The number of nitrogens with one attached hydrogen (secondary N) is 1. The van der Waals surface area contributed by atoms with Crippen LogP contribution in [0.15, 0.2) is 39.6 Å². The van der Waals surface area contributed by atoms with E-state index in [-0.39, 0.29) is 11.9 Å². The maximum atomic E-state index is 12.8. The molecular formula is C20H26N2O4S. The second-order valence-corrected chi connectivity index (χ2v) is 7.27. The van der Waals surface area contributed by atoms with Crippen LogP contribution in [0.3, 0.4) is 0 Å². The van der Waals surface area contributed by atoms with E-state index >= 15 is 0 Å². The Balaban J connectivity index is 1.74. The average Bonchev–Trinajstić information content (AvgIpc) is 3.14. The molecule has 146 valence electrons. The van der Waals surface area contributed by atoms with Crippen molar-refractivity contribution in [2.24, 2.45) is 0 Å². The van der Waals surface area contributed by atoms with Crippen LogP contribution in [0.25, 0.3) is 0 Å². The van der Waals surface area contributed by atoms with Crippen molar-refractivity contribution >= 4 is 17.7 Å². The number of amides is 1. The summed E-state index contributed by atoms with van der Waals surface area (Å²) < 4.78 is 16.7. The standard InChI is InChI=1S/C20H26N2O4S/c1-14-4-7-18(26-14)17(22-8-10-25-11-9-22)13-21-20(23)16-6-5-15(27-3)12-19(16)24-2/h4-7,12,17H,8-11,13H2,1-3H3,(H,21,23). The number of ether oxygens (including phenoxy) is 2. The van der Waals surface area contributed by atoms with Crippen molar-refractivity contribution in [3.8, 4) is 5.75 Å². The van der Waals surface area contributed by atoms with Gasteiger partial charge in [0, 0.05) is 24.5 Å². The van der Waals surface area contributed by atoms with Crippen LogP contribution >= 0.6 is 11.8 Å². The van der Waals surface area contributed by atoms with Crippen LogP contribution in [0.4, 0.5) is 0 Å². The summed E-state index contributed by atoms with van der Waals surface area (Å²) in [5.41, 5.74) is 0.534. The molecule has 6 nitrogen and oxygen atoms in total. The van der Waals surface area contributed by atoms with E-state index in [2.05, 4.69) is 10.2 Å². The molecule has 1 aromatic carbocycles. The second kappa shape index (κ2) is 9.30. The number of benzene rings is 1. The summed E-state index contributed by atoms with van der Waals surface area (Å²) in [6, 6.07) is 9.53. The number of hydrogen-bond acceptors (Lipinski definition) is 6. The molecule has 2 aromatic rings. The summed E-state index contributed by atoms with van der Waals surface area (Å²) in [6.07, 6.45) is 1.99. The van der Waals surface area contributed by atoms with Gasteiger partial charge in [-0.15, -0.1) is 11.8 Å². The molecule has 2 heterocycles. The Bertz CT molecular complexity index is 771.